The largest absolute Gasteiger partial charge is 0.323 e. The lowest BCUT2D eigenvalue weighted by molar-refractivity contribution is 0.255. The van der Waals surface area contributed by atoms with Gasteiger partial charge in [0.15, 0.2) is 0 Å². The molecule has 0 saturated heterocycles. The van der Waals surface area contributed by atoms with Crippen LogP contribution in [0.25, 0.3) is 0 Å². The minimum absolute atomic E-state index is 0.309. The third-order valence-electron chi connectivity index (χ3n) is 1.21. The topological polar surface area (TPSA) is 66.9 Å². The van der Waals surface area contributed by atoms with Crippen LogP contribution in [-0.2, 0) is 0 Å². The zero-order valence-electron chi connectivity index (χ0n) is 7.60. The average Bonchev–Trinajstić information content (AvgIpc) is 2.65. The van der Waals surface area contributed by atoms with Crippen molar-refractivity contribution in [3.63, 3.8) is 0 Å². The van der Waals surface area contributed by atoms with Gasteiger partial charge in [-0.2, -0.15) is 0 Å². The van der Waals surface area contributed by atoms with E-state index in [9.17, 15) is 4.79 Å². The van der Waals surface area contributed by atoms with Gasteiger partial charge in [-0.05, 0) is 13.0 Å². The van der Waals surface area contributed by atoms with E-state index in [0.717, 1.165) is 11.5 Å². The molecule has 1 aromatic heterocycles. The summed E-state index contributed by atoms with van der Waals surface area (Å²) in [5.74, 6) is 0. The highest BCUT2D eigenvalue weighted by molar-refractivity contribution is 7.10. The van der Waals surface area contributed by atoms with Crippen LogP contribution in [0.4, 0.5) is 9.80 Å². The van der Waals surface area contributed by atoms with Crippen molar-refractivity contribution < 1.29 is 4.79 Å². The first-order chi connectivity index (χ1) is 6.83. The van der Waals surface area contributed by atoms with Crippen LogP contribution in [-0.4, -0.2) is 15.6 Å². The summed E-state index contributed by atoms with van der Waals surface area (Å²) in [6.07, 6.45) is 8.44. The first-order valence-electron chi connectivity index (χ1n) is 3.95. The summed E-state index contributed by atoms with van der Waals surface area (Å²) in [4.78, 5) is 11.1. The van der Waals surface area contributed by atoms with Crippen molar-refractivity contribution in [1.29, 1.82) is 0 Å². The van der Waals surface area contributed by atoms with Gasteiger partial charge in [0.2, 0.25) is 0 Å². The van der Waals surface area contributed by atoms with Crippen LogP contribution in [0, 0.1) is 0 Å². The van der Waals surface area contributed by atoms with E-state index in [0.29, 0.717) is 5.00 Å². The van der Waals surface area contributed by atoms with Gasteiger partial charge in [0.25, 0.3) is 0 Å². The highest BCUT2D eigenvalue weighted by Crippen LogP contribution is 2.07. The highest BCUT2D eigenvalue weighted by Gasteiger charge is 1.99. The Balaban J connectivity index is 2.30. The molecule has 74 valence electrons. The Bertz CT molecular complexity index is 331. The molecule has 0 radical (unpaired) electrons. The zero-order chi connectivity index (χ0) is 10.2. The smallest absolute Gasteiger partial charge is 0.314 e. The maximum atomic E-state index is 11.1. The van der Waals surface area contributed by atoms with Crippen molar-refractivity contribution in [2.45, 2.75) is 6.92 Å². The Morgan fingerprint density at radius 1 is 1.57 bits per heavy atom. The summed E-state index contributed by atoms with van der Waals surface area (Å²) in [7, 11) is 0. The minimum Gasteiger partial charge on any atom is -0.314 e. The van der Waals surface area contributed by atoms with E-state index in [-0.39, 0.29) is 6.03 Å². The SMILES string of the molecule is C/C=C/C=C\NC(=O)Nc1cnns1. The summed E-state index contributed by atoms with van der Waals surface area (Å²) >= 11 is 1.12. The molecule has 0 saturated carbocycles. The first-order valence-corrected chi connectivity index (χ1v) is 4.73. The average molecular weight is 210 g/mol. The number of hydrogen-bond acceptors (Lipinski definition) is 4. The summed E-state index contributed by atoms with van der Waals surface area (Å²) < 4.78 is 3.60. The van der Waals surface area contributed by atoms with Crippen LogP contribution in [0.1, 0.15) is 6.92 Å². The Morgan fingerprint density at radius 2 is 2.43 bits per heavy atom. The van der Waals surface area contributed by atoms with E-state index in [1.807, 2.05) is 19.1 Å². The molecule has 0 fully saturated rings. The fourth-order valence-electron chi connectivity index (χ4n) is 0.661. The summed E-state index contributed by atoms with van der Waals surface area (Å²) in [6.45, 7) is 1.90. The lowest BCUT2D eigenvalue weighted by Gasteiger charge is -1.98. The summed E-state index contributed by atoms with van der Waals surface area (Å²) in [5.41, 5.74) is 0. The maximum Gasteiger partial charge on any atom is 0.323 e. The van der Waals surface area contributed by atoms with E-state index < -0.39 is 0 Å². The summed E-state index contributed by atoms with van der Waals surface area (Å²) in [5, 5.41) is 9.29. The third kappa shape index (κ3) is 3.81. The van der Waals surface area contributed by atoms with Crippen molar-refractivity contribution in [3.05, 3.63) is 30.6 Å². The standard InChI is InChI=1S/C8H10N4OS/c1-2-3-4-5-9-8(13)11-7-6-10-12-14-7/h2-6H,1H3,(H2,9,11,13)/b3-2+,5-4-. The monoisotopic (exact) mass is 210 g/mol. The molecule has 0 aliphatic rings. The number of amides is 2. The van der Waals surface area contributed by atoms with Crippen LogP contribution < -0.4 is 10.6 Å². The van der Waals surface area contributed by atoms with E-state index in [1.54, 1.807) is 12.3 Å². The number of allylic oxidation sites excluding steroid dienone is 3. The molecule has 0 spiro atoms. The molecule has 2 N–H and O–H groups in total. The number of rotatable bonds is 3. The molecule has 1 heterocycles. The molecule has 2 amide bonds. The highest BCUT2D eigenvalue weighted by atomic mass is 32.1. The van der Waals surface area contributed by atoms with Crippen molar-refractivity contribution >= 4 is 22.6 Å². The molecule has 1 aromatic rings. The van der Waals surface area contributed by atoms with Crippen molar-refractivity contribution in [2.24, 2.45) is 0 Å². The van der Waals surface area contributed by atoms with Crippen LogP contribution >= 0.6 is 11.5 Å². The van der Waals surface area contributed by atoms with Crippen LogP contribution in [0.2, 0.25) is 0 Å². The number of aromatic nitrogens is 2. The van der Waals surface area contributed by atoms with Crippen molar-refractivity contribution in [1.82, 2.24) is 14.9 Å². The predicted molar refractivity (Wildman–Crippen MR) is 56.0 cm³/mol. The van der Waals surface area contributed by atoms with Gasteiger partial charge in [-0.3, -0.25) is 5.32 Å². The number of carbonyl (C=O) groups excluding carboxylic acids is 1. The van der Waals surface area contributed by atoms with E-state index in [4.69, 9.17) is 0 Å². The maximum absolute atomic E-state index is 11.1. The second-order valence-corrected chi connectivity index (χ2v) is 3.05. The number of hydrogen-bond donors (Lipinski definition) is 2. The first kappa shape index (κ1) is 10.4. The zero-order valence-corrected chi connectivity index (χ0v) is 8.41. The van der Waals surface area contributed by atoms with Crippen LogP contribution in [0.3, 0.4) is 0 Å². The van der Waals surface area contributed by atoms with Crippen LogP contribution in [0.5, 0.6) is 0 Å². The van der Waals surface area contributed by atoms with Crippen LogP contribution in [0.15, 0.2) is 30.6 Å². The number of anilines is 1. The predicted octanol–water partition coefficient (Wildman–Crippen LogP) is 1.75. The van der Waals surface area contributed by atoms with Crippen molar-refractivity contribution in [2.75, 3.05) is 5.32 Å². The molecule has 14 heavy (non-hydrogen) atoms. The molecule has 1 rings (SSSR count). The van der Waals surface area contributed by atoms with Gasteiger partial charge in [-0.1, -0.05) is 16.6 Å². The second-order valence-electron chi connectivity index (χ2n) is 2.27. The molecule has 0 aromatic carbocycles. The molecule has 0 atom stereocenters. The van der Waals surface area contributed by atoms with E-state index in [2.05, 4.69) is 20.2 Å². The van der Waals surface area contributed by atoms with E-state index in [1.165, 1.54) is 6.20 Å². The van der Waals surface area contributed by atoms with Gasteiger partial charge < -0.3 is 5.32 Å². The lowest BCUT2D eigenvalue weighted by Crippen LogP contribution is -2.23. The molecular weight excluding hydrogens is 200 g/mol. The Hall–Kier alpha value is -1.69. The van der Waals surface area contributed by atoms with Gasteiger partial charge >= 0.3 is 6.03 Å². The number of nitrogens with zero attached hydrogens (tertiary/aromatic N) is 2. The quantitative estimate of drug-likeness (QED) is 0.747. The van der Waals surface area contributed by atoms with Gasteiger partial charge in [-0.25, -0.2) is 4.79 Å². The summed E-state index contributed by atoms with van der Waals surface area (Å²) in [6, 6.07) is -0.309. The molecule has 6 heteroatoms. The number of nitrogens with one attached hydrogen (secondary N) is 2. The lowest BCUT2D eigenvalue weighted by atomic mass is 10.5. The molecule has 5 nitrogen and oxygen atoms in total. The van der Waals surface area contributed by atoms with Gasteiger partial charge in [0, 0.05) is 17.7 Å². The van der Waals surface area contributed by atoms with Gasteiger partial charge in [0.1, 0.15) is 5.00 Å². The van der Waals surface area contributed by atoms with Gasteiger partial charge in [-0.15, -0.1) is 5.10 Å². The molecular formula is C8H10N4OS. The Morgan fingerprint density at radius 3 is 3.07 bits per heavy atom. The normalized spacial score (nSPS) is 10.9. The Kier molecular flexibility index (Phi) is 4.36. The third-order valence-corrected chi connectivity index (χ3v) is 1.79. The molecule has 0 bridgehead atoms. The number of urea groups is 1. The fourth-order valence-corrected chi connectivity index (χ4v) is 1.08. The molecule has 0 unspecified atom stereocenters. The second kappa shape index (κ2) is 5.87. The van der Waals surface area contributed by atoms with E-state index >= 15 is 0 Å². The minimum atomic E-state index is -0.309. The molecule has 0 aliphatic carbocycles. The number of carbonyl (C=O) groups is 1. The molecule has 0 aliphatic heterocycles. The van der Waals surface area contributed by atoms with Crippen molar-refractivity contribution in [3.8, 4) is 0 Å². The fraction of sp³-hybridized carbons (Fsp3) is 0.125. The van der Waals surface area contributed by atoms with Gasteiger partial charge in [0.05, 0.1) is 6.20 Å². The Labute approximate surface area is 85.7 Å².